The fourth-order valence-electron chi connectivity index (χ4n) is 4.01. The average Bonchev–Trinajstić information content (AvgIpc) is 3.29. The molecular weight excluding hydrogens is 462 g/mol. The molecule has 4 atom stereocenters. The number of halogens is 1. The third-order valence-corrected chi connectivity index (χ3v) is 6.13. The number of aromatic carboxylic acids is 1. The molecule has 9 nitrogen and oxygen atoms in total. The maximum Gasteiger partial charge on any atom is 0.358 e. The summed E-state index contributed by atoms with van der Waals surface area (Å²) in [6.45, 7) is 2.58. The summed E-state index contributed by atoms with van der Waals surface area (Å²) in [4.78, 5) is 11.0. The van der Waals surface area contributed by atoms with E-state index in [1.54, 1.807) is 6.07 Å². The number of nitrogens with zero attached hydrogens (tertiary/aromatic N) is 3. The summed E-state index contributed by atoms with van der Waals surface area (Å²) < 4.78 is 12.9. The Morgan fingerprint density at radius 1 is 1.24 bits per heavy atom. The van der Waals surface area contributed by atoms with Gasteiger partial charge in [-0.2, -0.15) is 0 Å². The predicted molar refractivity (Wildman–Crippen MR) is 123 cm³/mol. The molecule has 2 heterocycles. The highest BCUT2D eigenvalue weighted by Crippen LogP contribution is 2.34. The second-order valence-corrected chi connectivity index (χ2v) is 8.60. The smallest absolute Gasteiger partial charge is 0.358 e. The van der Waals surface area contributed by atoms with Gasteiger partial charge in [-0.25, -0.2) is 9.48 Å². The highest BCUT2D eigenvalue weighted by molar-refractivity contribution is 6.31. The molecule has 0 spiro atoms. The number of benzene rings is 2. The van der Waals surface area contributed by atoms with Gasteiger partial charge in [-0.3, -0.25) is 0 Å². The summed E-state index contributed by atoms with van der Waals surface area (Å²) >= 11 is 6.46. The molecule has 2 aromatic carbocycles. The number of carboxylic acid groups (broad SMARTS) is 1. The molecule has 0 radical (unpaired) electrons. The van der Waals surface area contributed by atoms with Crippen molar-refractivity contribution in [1.82, 2.24) is 15.0 Å². The van der Waals surface area contributed by atoms with Crippen LogP contribution in [-0.4, -0.2) is 61.2 Å². The van der Waals surface area contributed by atoms with Crippen LogP contribution in [0.4, 0.5) is 0 Å². The minimum atomic E-state index is -1.20. The van der Waals surface area contributed by atoms with Gasteiger partial charge in [-0.1, -0.05) is 41.1 Å². The van der Waals surface area contributed by atoms with Crippen molar-refractivity contribution in [2.45, 2.75) is 50.7 Å². The highest BCUT2D eigenvalue weighted by atomic mass is 35.5. The molecule has 1 aromatic heterocycles. The van der Waals surface area contributed by atoms with Crippen LogP contribution < -0.4 is 4.74 Å². The Kier molecular flexibility index (Phi) is 7.47. The van der Waals surface area contributed by atoms with Gasteiger partial charge in [0.1, 0.15) is 18.0 Å². The number of hydrogen-bond donors (Lipinski definition) is 3. The molecule has 0 saturated carbocycles. The Hall–Kier alpha value is -2.98. The highest BCUT2D eigenvalue weighted by Gasteiger charge is 2.38. The predicted octanol–water partition coefficient (Wildman–Crippen LogP) is 2.87. The topological polar surface area (TPSA) is 127 Å². The van der Waals surface area contributed by atoms with Crippen molar-refractivity contribution >= 4 is 17.6 Å². The van der Waals surface area contributed by atoms with Gasteiger partial charge in [0, 0.05) is 11.4 Å². The van der Waals surface area contributed by atoms with Gasteiger partial charge in [0.15, 0.2) is 5.69 Å². The fraction of sp³-hybridized carbons (Fsp3) is 0.375. The van der Waals surface area contributed by atoms with Gasteiger partial charge in [-0.15, -0.1) is 5.10 Å². The molecule has 3 N–H and O–H groups in total. The van der Waals surface area contributed by atoms with E-state index in [0.717, 1.165) is 22.4 Å². The molecule has 0 amide bonds. The monoisotopic (exact) mass is 487 g/mol. The summed E-state index contributed by atoms with van der Waals surface area (Å²) in [6, 6.07) is 13.4. The maximum atomic E-state index is 11.0. The Bertz CT molecular complexity index is 1140. The van der Waals surface area contributed by atoms with Gasteiger partial charge in [0.25, 0.3) is 0 Å². The zero-order chi connectivity index (χ0) is 24.2. The summed E-state index contributed by atoms with van der Waals surface area (Å²) in [5, 5.41) is 37.9. The van der Waals surface area contributed by atoms with Crippen LogP contribution in [0.1, 0.15) is 46.6 Å². The molecule has 1 saturated heterocycles. The quantitative estimate of drug-likeness (QED) is 0.442. The minimum absolute atomic E-state index is 0.0433. The number of carbonyl (C=O) groups is 1. The zero-order valence-corrected chi connectivity index (χ0v) is 19.3. The van der Waals surface area contributed by atoms with Crippen molar-refractivity contribution in [2.24, 2.45) is 0 Å². The minimum Gasteiger partial charge on any atom is -0.494 e. The van der Waals surface area contributed by atoms with Crippen molar-refractivity contribution in [1.29, 1.82) is 0 Å². The Morgan fingerprint density at radius 2 is 2.00 bits per heavy atom. The van der Waals surface area contributed by atoms with Gasteiger partial charge in [0.2, 0.25) is 0 Å². The number of aromatic nitrogens is 3. The van der Waals surface area contributed by atoms with Crippen molar-refractivity contribution in [2.75, 3.05) is 6.61 Å². The van der Waals surface area contributed by atoms with E-state index in [-0.39, 0.29) is 18.7 Å². The van der Waals surface area contributed by atoms with E-state index in [9.17, 15) is 15.0 Å². The van der Waals surface area contributed by atoms with Crippen molar-refractivity contribution in [3.8, 4) is 5.75 Å². The van der Waals surface area contributed by atoms with Crippen LogP contribution >= 0.6 is 11.6 Å². The lowest BCUT2D eigenvalue weighted by Gasteiger charge is -2.37. The number of aliphatic hydroxyl groups excluding tert-OH is 2. The lowest BCUT2D eigenvalue weighted by atomic mass is 9.92. The molecule has 0 bridgehead atoms. The van der Waals surface area contributed by atoms with Crippen LogP contribution in [0.25, 0.3) is 0 Å². The standard InChI is InChI=1S/C24H26ClN3O6/c1-2-33-17-6-3-14(4-7-17)9-16-10-15(5-8-18(16)25)21-11-20(29)23(30)22(34-21)13-28-12-19(24(31)32)26-27-28/h3-8,10,12,20-23,29-30H,2,9,11,13H2,1H3,(H,31,32)/t20-,21-,22-,23+/m1/s1. The molecule has 0 unspecified atom stereocenters. The third-order valence-electron chi connectivity index (χ3n) is 5.77. The molecule has 3 aromatic rings. The van der Waals surface area contributed by atoms with Crippen molar-refractivity contribution < 1.29 is 29.6 Å². The number of ether oxygens (including phenoxy) is 2. The first-order valence-corrected chi connectivity index (χ1v) is 11.4. The number of aliphatic hydroxyl groups is 2. The van der Waals surface area contributed by atoms with E-state index in [2.05, 4.69) is 10.3 Å². The molecule has 10 heteroatoms. The number of hydrogen-bond acceptors (Lipinski definition) is 7. The molecule has 4 rings (SSSR count). The largest absolute Gasteiger partial charge is 0.494 e. The first-order valence-electron chi connectivity index (χ1n) is 11.0. The molecule has 34 heavy (non-hydrogen) atoms. The van der Waals surface area contributed by atoms with Crippen LogP contribution in [0, 0.1) is 0 Å². The van der Waals surface area contributed by atoms with Crippen molar-refractivity contribution in [3.05, 3.63) is 76.1 Å². The fourth-order valence-corrected chi connectivity index (χ4v) is 4.19. The van der Waals surface area contributed by atoms with E-state index < -0.39 is 30.4 Å². The molecule has 1 fully saturated rings. The third kappa shape index (κ3) is 5.56. The van der Waals surface area contributed by atoms with E-state index in [0.29, 0.717) is 18.1 Å². The average molecular weight is 488 g/mol. The first kappa shape index (κ1) is 24.2. The summed E-state index contributed by atoms with van der Waals surface area (Å²) in [5.74, 6) is -0.390. The lowest BCUT2D eigenvalue weighted by Crippen LogP contribution is -2.47. The molecule has 0 aliphatic carbocycles. The molecule has 180 valence electrons. The Morgan fingerprint density at radius 3 is 2.68 bits per heavy atom. The van der Waals surface area contributed by atoms with E-state index >= 15 is 0 Å². The lowest BCUT2D eigenvalue weighted by molar-refractivity contribution is -0.175. The first-order chi connectivity index (χ1) is 16.3. The molecule has 1 aliphatic rings. The van der Waals surface area contributed by atoms with Crippen LogP contribution in [0.3, 0.4) is 0 Å². The number of rotatable bonds is 8. The Labute approximate surface area is 201 Å². The summed E-state index contributed by atoms with van der Waals surface area (Å²) in [5.41, 5.74) is 2.59. The number of carboxylic acids is 1. The van der Waals surface area contributed by atoms with Crippen LogP contribution in [0.15, 0.2) is 48.7 Å². The zero-order valence-electron chi connectivity index (χ0n) is 18.5. The van der Waals surface area contributed by atoms with E-state index in [1.165, 1.54) is 10.9 Å². The van der Waals surface area contributed by atoms with Crippen LogP contribution in [0.2, 0.25) is 5.02 Å². The normalized spacial score (nSPS) is 22.5. The second-order valence-electron chi connectivity index (χ2n) is 8.19. The van der Waals surface area contributed by atoms with Crippen LogP contribution in [-0.2, 0) is 17.7 Å². The molecular formula is C24H26ClN3O6. The van der Waals surface area contributed by atoms with Gasteiger partial charge >= 0.3 is 5.97 Å². The Balaban J connectivity index is 1.50. The van der Waals surface area contributed by atoms with Gasteiger partial charge in [-0.05, 0) is 48.2 Å². The second kappa shape index (κ2) is 10.5. The van der Waals surface area contributed by atoms with E-state index in [4.69, 9.17) is 26.2 Å². The van der Waals surface area contributed by atoms with Crippen molar-refractivity contribution in [3.63, 3.8) is 0 Å². The van der Waals surface area contributed by atoms with Gasteiger partial charge in [0.05, 0.1) is 31.6 Å². The SMILES string of the molecule is CCOc1ccc(Cc2cc([C@H]3C[C@@H](O)[C@H](O)[C@@H](Cn4cc(C(=O)O)nn4)O3)ccc2Cl)cc1. The summed E-state index contributed by atoms with van der Waals surface area (Å²) in [6.07, 6.45) is -1.38. The van der Waals surface area contributed by atoms with E-state index in [1.807, 2.05) is 43.3 Å². The maximum absolute atomic E-state index is 11.0. The van der Waals surface area contributed by atoms with Crippen LogP contribution in [0.5, 0.6) is 5.75 Å². The van der Waals surface area contributed by atoms with Gasteiger partial charge < -0.3 is 24.8 Å². The summed E-state index contributed by atoms with van der Waals surface area (Å²) in [7, 11) is 0. The molecule has 1 aliphatic heterocycles.